The summed E-state index contributed by atoms with van der Waals surface area (Å²) in [6, 6.07) is 15.8. The average molecular weight is 357 g/mol. The molecule has 3 rings (SSSR count). The van der Waals surface area contributed by atoms with Crippen molar-refractivity contribution in [2.45, 2.75) is 19.0 Å². The summed E-state index contributed by atoms with van der Waals surface area (Å²) in [5.41, 5.74) is 1.58. The van der Waals surface area contributed by atoms with Crippen LogP contribution < -0.4 is 10.6 Å². The van der Waals surface area contributed by atoms with Crippen molar-refractivity contribution in [2.75, 3.05) is 0 Å². The van der Waals surface area contributed by atoms with Gasteiger partial charge in [0.25, 0.3) is 11.8 Å². The molecule has 0 aromatic heterocycles. The predicted molar refractivity (Wildman–Crippen MR) is 95.0 cm³/mol. The van der Waals surface area contributed by atoms with Gasteiger partial charge in [0.05, 0.1) is 6.04 Å². The number of benzene rings is 2. The van der Waals surface area contributed by atoms with E-state index in [4.69, 9.17) is 11.6 Å². The molecule has 3 N–H and O–H groups in total. The van der Waals surface area contributed by atoms with Crippen LogP contribution in [0.25, 0.3) is 0 Å². The minimum Gasteiger partial charge on any atom is -0.509 e. The highest BCUT2D eigenvalue weighted by molar-refractivity contribution is 6.30. The van der Waals surface area contributed by atoms with E-state index in [9.17, 15) is 14.7 Å². The Bertz CT molecular complexity index is 816. The summed E-state index contributed by atoms with van der Waals surface area (Å²) < 4.78 is 0. The lowest BCUT2D eigenvalue weighted by Crippen LogP contribution is -2.33. The number of aliphatic hydroxyl groups excluding tert-OH is 1. The van der Waals surface area contributed by atoms with Gasteiger partial charge in [-0.15, -0.1) is 0 Å². The molecule has 1 heterocycles. The molecule has 2 aromatic rings. The van der Waals surface area contributed by atoms with E-state index in [2.05, 4.69) is 10.6 Å². The Morgan fingerprint density at radius 3 is 2.44 bits per heavy atom. The number of hydrogen-bond donors (Lipinski definition) is 3. The fourth-order valence-corrected chi connectivity index (χ4v) is 2.81. The second kappa shape index (κ2) is 7.40. The molecule has 0 spiro atoms. The molecule has 128 valence electrons. The van der Waals surface area contributed by atoms with Crippen molar-refractivity contribution >= 4 is 23.4 Å². The molecule has 1 unspecified atom stereocenters. The fraction of sp³-hybridized carbons (Fsp3) is 0.158. The van der Waals surface area contributed by atoms with Crippen molar-refractivity contribution in [3.05, 3.63) is 82.1 Å². The van der Waals surface area contributed by atoms with E-state index in [0.29, 0.717) is 11.4 Å². The third-order valence-corrected chi connectivity index (χ3v) is 4.25. The van der Waals surface area contributed by atoms with Gasteiger partial charge in [-0.3, -0.25) is 9.59 Å². The molecule has 0 saturated carbocycles. The lowest BCUT2D eigenvalue weighted by molar-refractivity contribution is -0.123. The number of carbonyl (C=O) groups excluding carboxylic acids is 2. The summed E-state index contributed by atoms with van der Waals surface area (Å²) in [5.74, 6) is -1.38. The van der Waals surface area contributed by atoms with Gasteiger partial charge in [-0.05, 0) is 29.7 Å². The molecule has 2 amide bonds. The molecule has 0 aliphatic carbocycles. The normalized spacial score (nSPS) is 16.7. The molecule has 0 radical (unpaired) electrons. The van der Waals surface area contributed by atoms with Crippen LogP contribution in [0.2, 0.25) is 5.02 Å². The zero-order chi connectivity index (χ0) is 17.8. The minimum atomic E-state index is -0.619. The molecule has 1 atom stereocenters. The number of rotatable bonds is 5. The van der Waals surface area contributed by atoms with Gasteiger partial charge in [-0.2, -0.15) is 0 Å². The molecule has 0 saturated heterocycles. The molecule has 5 nitrogen and oxygen atoms in total. The Labute approximate surface area is 150 Å². The van der Waals surface area contributed by atoms with Crippen LogP contribution in [0.5, 0.6) is 0 Å². The lowest BCUT2D eigenvalue weighted by atomic mass is 10.0. The lowest BCUT2D eigenvalue weighted by Gasteiger charge is -2.11. The van der Waals surface area contributed by atoms with Crippen molar-refractivity contribution in [1.29, 1.82) is 0 Å². The van der Waals surface area contributed by atoms with Gasteiger partial charge in [-0.1, -0.05) is 54.1 Å². The molecule has 0 bridgehead atoms. The molecule has 25 heavy (non-hydrogen) atoms. The summed E-state index contributed by atoms with van der Waals surface area (Å²) in [5, 5.41) is 16.2. The topological polar surface area (TPSA) is 78.4 Å². The van der Waals surface area contributed by atoms with Crippen LogP contribution in [0.4, 0.5) is 0 Å². The van der Waals surface area contributed by atoms with Gasteiger partial charge in [0, 0.05) is 11.6 Å². The van der Waals surface area contributed by atoms with Crippen LogP contribution in [0.15, 0.2) is 65.9 Å². The van der Waals surface area contributed by atoms with E-state index in [1.807, 2.05) is 42.5 Å². The van der Waals surface area contributed by atoms with E-state index >= 15 is 0 Å². The molecule has 6 heteroatoms. The number of aliphatic hydroxyl groups is 1. The number of halogens is 1. The Balaban J connectivity index is 1.68. The van der Waals surface area contributed by atoms with Crippen LogP contribution in [0.1, 0.15) is 11.1 Å². The first-order valence-electron chi connectivity index (χ1n) is 7.85. The first-order valence-corrected chi connectivity index (χ1v) is 8.23. The van der Waals surface area contributed by atoms with Gasteiger partial charge >= 0.3 is 0 Å². The van der Waals surface area contributed by atoms with E-state index < -0.39 is 17.9 Å². The van der Waals surface area contributed by atoms with Gasteiger partial charge in [-0.25, -0.2) is 0 Å². The predicted octanol–water partition coefficient (Wildman–Crippen LogP) is 2.51. The highest BCUT2D eigenvalue weighted by Crippen LogP contribution is 2.20. The Morgan fingerprint density at radius 2 is 1.76 bits per heavy atom. The molecular weight excluding hydrogens is 340 g/mol. The largest absolute Gasteiger partial charge is 0.509 e. The number of amides is 2. The maximum Gasteiger partial charge on any atom is 0.261 e. The van der Waals surface area contributed by atoms with Gasteiger partial charge in [0.2, 0.25) is 0 Å². The van der Waals surface area contributed by atoms with E-state index in [-0.39, 0.29) is 17.9 Å². The van der Waals surface area contributed by atoms with Crippen molar-refractivity contribution in [3.63, 3.8) is 0 Å². The standard InChI is InChI=1S/C19H17ClN2O3/c20-14-8-6-12(7-9-14)10-15-17(23)16(19(25)22-15)18(24)21-11-13-4-2-1-3-5-13/h1-9,15,23H,10-11H2,(H,21,24)(H,22,25). The van der Waals surface area contributed by atoms with Crippen LogP contribution in [0.3, 0.4) is 0 Å². The SMILES string of the molecule is O=C(NCc1ccccc1)C1=C(O)C(Cc2ccc(Cl)cc2)NC1=O. The maximum absolute atomic E-state index is 12.3. The molecule has 0 fully saturated rings. The Kier molecular flexibility index (Phi) is 5.05. The number of hydrogen-bond acceptors (Lipinski definition) is 3. The van der Waals surface area contributed by atoms with E-state index in [0.717, 1.165) is 11.1 Å². The molecule has 2 aromatic carbocycles. The average Bonchev–Trinajstić information content (AvgIpc) is 2.89. The highest BCUT2D eigenvalue weighted by Gasteiger charge is 2.35. The maximum atomic E-state index is 12.3. The van der Waals surface area contributed by atoms with Gasteiger partial charge in [0.1, 0.15) is 11.3 Å². The second-order valence-electron chi connectivity index (χ2n) is 5.79. The molecular formula is C19H17ClN2O3. The number of nitrogens with one attached hydrogen (secondary N) is 2. The van der Waals surface area contributed by atoms with Crippen molar-refractivity contribution < 1.29 is 14.7 Å². The summed E-state index contributed by atoms with van der Waals surface area (Å²) in [6.07, 6.45) is 0.379. The van der Waals surface area contributed by atoms with E-state index in [1.54, 1.807) is 12.1 Å². The van der Waals surface area contributed by atoms with Crippen molar-refractivity contribution in [2.24, 2.45) is 0 Å². The smallest absolute Gasteiger partial charge is 0.261 e. The molecule has 1 aliphatic rings. The Hall–Kier alpha value is -2.79. The van der Waals surface area contributed by atoms with Gasteiger partial charge in [0.15, 0.2) is 0 Å². The van der Waals surface area contributed by atoms with Crippen LogP contribution in [-0.4, -0.2) is 23.0 Å². The summed E-state index contributed by atoms with van der Waals surface area (Å²) in [7, 11) is 0. The quantitative estimate of drug-likeness (QED) is 0.720. The fourth-order valence-electron chi connectivity index (χ4n) is 2.68. The van der Waals surface area contributed by atoms with Crippen molar-refractivity contribution in [3.8, 4) is 0 Å². The van der Waals surface area contributed by atoms with E-state index in [1.165, 1.54) is 0 Å². The summed E-state index contributed by atoms with van der Waals surface area (Å²) in [6.45, 7) is 0.283. The van der Waals surface area contributed by atoms with Crippen LogP contribution >= 0.6 is 11.6 Å². The summed E-state index contributed by atoms with van der Waals surface area (Å²) in [4.78, 5) is 24.4. The highest BCUT2D eigenvalue weighted by atomic mass is 35.5. The first kappa shape index (κ1) is 17.0. The minimum absolute atomic E-state index is 0.227. The monoisotopic (exact) mass is 356 g/mol. The van der Waals surface area contributed by atoms with Crippen LogP contribution in [-0.2, 0) is 22.6 Å². The van der Waals surface area contributed by atoms with Crippen LogP contribution in [0, 0.1) is 0 Å². The zero-order valence-electron chi connectivity index (χ0n) is 13.3. The third kappa shape index (κ3) is 4.00. The summed E-state index contributed by atoms with van der Waals surface area (Å²) >= 11 is 5.85. The third-order valence-electron chi connectivity index (χ3n) is 3.99. The zero-order valence-corrected chi connectivity index (χ0v) is 14.1. The van der Waals surface area contributed by atoms with Crippen molar-refractivity contribution in [1.82, 2.24) is 10.6 Å². The Morgan fingerprint density at radius 1 is 1.08 bits per heavy atom. The number of carbonyl (C=O) groups is 2. The van der Waals surface area contributed by atoms with Gasteiger partial charge < -0.3 is 15.7 Å². The second-order valence-corrected chi connectivity index (χ2v) is 6.22. The first-order chi connectivity index (χ1) is 12.0. The molecule has 1 aliphatic heterocycles.